The minimum atomic E-state index is -0.897. The topological polar surface area (TPSA) is 62.2 Å². The van der Waals surface area contributed by atoms with Gasteiger partial charge in [-0.2, -0.15) is 0 Å². The number of carboxylic acid groups (broad SMARTS) is 1. The van der Waals surface area contributed by atoms with E-state index < -0.39 is 5.97 Å². The first-order valence-corrected chi connectivity index (χ1v) is 6.83. The third-order valence-corrected chi connectivity index (χ3v) is 3.68. The van der Waals surface area contributed by atoms with E-state index in [1.165, 1.54) is 30.6 Å². The number of hydrogen-bond donors (Lipinski definition) is 2. The van der Waals surface area contributed by atoms with Crippen LogP contribution in [0.2, 0.25) is 0 Å². The van der Waals surface area contributed by atoms with Gasteiger partial charge in [-0.15, -0.1) is 0 Å². The molecule has 1 unspecified atom stereocenters. The van der Waals surface area contributed by atoms with E-state index in [1.54, 1.807) is 6.92 Å². The van der Waals surface area contributed by atoms with Gasteiger partial charge in [0, 0.05) is 6.04 Å². The average molecular weight is 256 g/mol. The minimum absolute atomic E-state index is 0.327. The number of carboxylic acids is 1. The molecule has 0 saturated heterocycles. The maximum Gasteiger partial charge on any atom is 0.347 e. The van der Waals surface area contributed by atoms with Crippen LogP contribution >= 0.6 is 11.3 Å². The van der Waals surface area contributed by atoms with Gasteiger partial charge in [0.15, 0.2) is 5.13 Å². The summed E-state index contributed by atoms with van der Waals surface area (Å²) < 4.78 is 0. The van der Waals surface area contributed by atoms with Gasteiger partial charge in [0.2, 0.25) is 0 Å². The molecule has 1 rings (SSSR count). The number of aromatic carboxylic acids is 1. The maximum absolute atomic E-state index is 10.9. The molecule has 1 heterocycles. The largest absolute Gasteiger partial charge is 0.477 e. The molecular weight excluding hydrogens is 236 g/mol. The van der Waals surface area contributed by atoms with Crippen molar-refractivity contribution >= 4 is 22.4 Å². The Morgan fingerprint density at radius 2 is 2.24 bits per heavy atom. The van der Waals surface area contributed by atoms with Crippen LogP contribution in [0, 0.1) is 6.92 Å². The summed E-state index contributed by atoms with van der Waals surface area (Å²) >= 11 is 1.21. The van der Waals surface area contributed by atoms with Crippen LogP contribution in [0.25, 0.3) is 0 Å². The number of unbranched alkanes of at least 4 members (excludes halogenated alkanes) is 2. The molecule has 0 aliphatic heterocycles. The molecule has 4 nitrogen and oxygen atoms in total. The third kappa shape index (κ3) is 4.34. The summed E-state index contributed by atoms with van der Waals surface area (Å²) in [5.74, 6) is -0.897. The van der Waals surface area contributed by atoms with Crippen molar-refractivity contribution in [2.75, 3.05) is 5.32 Å². The summed E-state index contributed by atoms with van der Waals surface area (Å²) in [6.45, 7) is 6.02. The van der Waals surface area contributed by atoms with E-state index in [-0.39, 0.29) is 0 Å². The monoisotopic (exact) mass is 256 g/mol. The van der Waals surface area contributed by atoms with Crippen molar-refractivity contribution in [3.8, 4) is 0 Å². The second kappa shape index (κ2) is 6.59. The highest BCUT2D eigenvalue weighted by Crippen LogP contribution is 2.23. The van der Waals surface area contributed by atoms with Crippen molar-refractivity contribution in [1.29, 1.82) is 0 Å². The summed E-state index contributed by atoms with van der Waals surface area (Å²) in [5.41, 5.74) is 0.589. The van der Waals surface area contributed by atoms with Gasteiger partial charge in [-0.25, -0.2) is 9.78 Å². The lowest BCUT2D eigenvalue weighted by atomic mass is 10.1. The van der Waals surface area contributed by atoms with Crippen LogP contribution in [-0.2, 0) is 0 Å². The van der Waals surface area contributed by atoms with Crippen molar-refractivity contribution in [3.05, 3.63) is 10.6 Å². The number of anilines is 1. The van der Waals surface area contributed by atoms with E-state index in [2.05, 4.69) is 24.1 Å². The van der Waals surface area contributed by atoms with Gasteiger partial charge in [0.1, 0.15) is 4.88 Å². The number of hydrogen-bond acceptors (Lipinski definition) is 4. The standard InChI is InChI=1S/C12H20N2O2S/c1-4-5-6-7-8(2)13-12-14-9(3)10(17-12)11(15)16/h8H,4-7H2,1-3H3,(H,13,14)(H,15,16). The van der Waals surface area contributed by atoms with E-state index in [0.29, 0.717) is 21.7 Å². The molecule has 0 saturated carbocycles. The van der Waals surface area contributed by atoms with Crippen LogP contribution in [-0.4, -0.2) is 22.1 Å². The molecule has 2 N–H and O–H groups in total. The van der Waals surface area contributed by atoms with Crippen molar-refractivity contribution in [3.63, 3.8) is 0 Å². The Morgan fingerprint density at radius 1 is 1.53 bits per heavy atom. The molecule has 0 fully saturated rings. The van der Waals surface area contributed by atoms with Crippen LogP contribution in [0.3, 0.4) is 0 Å². The SMILES string of the molecule is CCCCCC(C)Nc1nc(C)c(C(=O)O)s1. The fourth-order valence-electron chi connectivity index (χ4n) is 1.64. The van der Waals surface area contributed by atoms with Crippen LogP contribution < -0.4 is 5.32 Å². The molecule has 0 amide bonds. The Labute approximate surface area is 106 Å². The van der Waals surface area contributed by atoms with E-state index in [1.807, 2.05) is 0 Å². The van der Waals surface area contributed by atoms with E-state index in [0.717, 1.165) is 6.42 Å². The smallest absolute Gasteiger partial charge is 0.347 e. The maximum atomic E-state index is 10.9. The van der Waals surface area contributed by atoms with Gasteiger partial charge in [0.25, 0.3) is 0 Å². The second-order valence-electron chi connectivity index (χ2n) is 4.28. The normalized spacial score (nSPS) is 12.4. The third-order valence-electron chi connectivity index (χ3n) is 2.60. The van der Waals surface area contributed by atoms with Crippen LogP contribution in [0.1, 0.15) is 54.9 Å². The van der Waals surface area contributed by atoms with Crippen molar-refractivity contribution in [2.45, 2.75) is 52.5 Å². The van der Waals surface area contributed by atoms with Gasteiger partial charge in [0.05, 0.1) is 5.69 Å². The molecule has 0 aliphatic rings. The zero-order valence-corrected chi connectivity index (χ0v) is 11.4. The highest BCUT2D eigenvalue weighted by molar-refractivity contribution is 7.17. The van der Waals surface area contributed by atoms with Gasteiger partial charge >= 0.3 is 5.97 Å². The second-order valence-corrected chi connectivity index (χ2v) is 5.28. The summed E-state index contributed by atoms with van der Waals surface area (Å²) in [5, 5.41) is 12.9. The number of aryl methyl sites for hydroxylation is 1. The van der Waals surface area contributed by atoms with E-state index in [4.69, 9.17) is 5.11 Å². The first-order chi connectivity index (χ1) is 8.04. The predicted octanol–water partition coefficient (Wildman–Crippen LogP) is 3.53. The molecule has 0 bridgehead atoms. The fraction of sp³-hybridized carbons (Fsp3) is 0.667. The van der Waals surface area contributed by atoms with E-state index in [9.17, 15) is 4.79 Å². The Hall–Kier alpha value is -1.10. The molecule has 96 valence electrons. The molecule has 0 aliphatic carbocycles. The number of rotatable bonds is 7. The van der Waals surface area contributed by atoms with E-state index >= 15 is 0 Å². The molecule has 0 aromatic carbocycles. The van der Waals surface area contributed by atoms with Gasteiger partial charge in [-0.3, -0.25) is 0 Å². The van der Waals surface area contributed by atoms with Gasteiger partial charge < -0.3 is 10.4 Å². The fourth-order valence-corrected chi connectivity index (χ4v) is 2.56. The number of carbonyl (C=O) groups is 1. The summed E-state index contributed by atoms with van der Waals surface area (Å²) in [4.78, 5) is 15.4. The molecule has 17 heavy (non-hydrogen) atoms. The molecule has 0 radical (unpaired) electrons. The minimum Gasteiger partial charge on any atom is -0.477 e. The number of thiazole rings is 1. The van der Waals surface area contributed by atoms with Crippen LogP contribution in [0.5, 0.6) is 0 Å². The first-order valence-electron chi connectivity index (χ1n) is 6.01. The van der Waals surface area contributed by atoms with Crippen molar-refractivity contribution < 1.29 is 9.90 Å². The Balaban J connectivity index is 2.51. The Kier molecular flexibility index (Phi) is 5.41. The highest BCUT2D eigenvalue weighted by Gasteiger charge is 2.14. The first kappa shape index (κ1) is 14.0. The van der Waals surface area contributed by atoms with Gasteiger partial charge in [-0.1, -0.05) is 37.5 Å². The van der Waals surface area contributed by atoms with Crippen LogP contribution in [0.15, 0.2) is 0 Å². The lowest BCUT2D eigenvalue weighted by molar-refractivity contribution is 0.0701. The Morgan fingerprint density at radius 3 is 2.76 bits per heavy atom. The summed E-state index contributed by atoms with van der Waals surface area (Å²) in [6.07, 6.45) is 4.74. The quantitative estimate of drug-likeness (QED) is 0.733. The average Bonchev–Trinajstić information content (AvgIpc) is 2.60. The lowest BCUT2D eigenvalue weighted by Crippen LogP contribution is -2.14. The molecule has 1 atom stereocenters. The Bertz CT molecular complexity index is 377. The number of nitrogens with one attached hydrogen (secondary N) is 1. The number of aromatic nitrogens is 1. The van der Waals surface area contributed by atoms with Crippen molar-refractivity contribution in [1.82, 2.24) is 4.98 Å². The number of nitrogens with zero attached hydrogens (tertiary/aromatic N) is 1. The van der Waals surface area contributed by atoms with Crippen LogP contribution in [0.4, 0.5) is 5.13 Å². The van der Waals surface area contributed by atoms with Crippen molar-refractivity contribution in [2.24, 2.45) is 0 Å². The summed E-state index contributed by atoms with van der Waals surface area (Å²) in [7, 11) is 0. The van der Waals surface area contributed by atoms with Gasteiger partial charge in [-0.05, 0) is 20.3 Å². The highest BCUT2D eigenvalue weighted by atomic mass is 32.1. The zero-order valence-electron chi connectivity index (χ0n) is 10.6. The zero-order chi connectivity index (χ0) is 12.8. The molecular formula is C12H20N2O2S. The lowest BCUT2D eigenvalue weighted by Gasteiger charge is -2.11. The molecule has 1 aromatic rings. The molecule has 0 spiro atoms. The molecule has 5 heteroatoms. The molecule has 1 aromatic heterocycles. The predicted molar refractivity (Wildman–Crippen MR) is 71.0 cm³/mol. The summed E-state index contributed by atoms with van der Waals surface area (Å²) in [6, 6.07) is 0.341.